The van der Waals surface area contributed by atoms with Crippen molar-refractivity contribution in [2.24, 2.45) is 23.3 Å². The molecular formula is C20H37N5O7. The molecule has 0 aromatic heterocycles. The smallest absolute Gasteiger partial charge is 0.326 e. The number of amides is 4. The zero-order valence-corrected chi connectivity index (χ0v) is 19.3. The van der Waals surface area contributed by atoms with Crippen LogP contribution in [0.4, 0.5) is 0 Å². The van der Waals surface area contributed by atoms with Gasteiger partial charge in [-0.2, -0.15) is 0 Å². The zero-order chi connectivity index (χ0) is 25.2. The van der Waals surface area contributed by atoms with Crippen LogP contribution in [0.15, 0.2) is 0 Å². The van der Waals surface area contributed by atoms with Crippen LogP contribution in [0.1, 0.15) is 53.9 Å². The molecule has 0 heterocycles. The highest BCUT2D eigenvalue weighted by Gasteiger charge is 2.34. The summed E-state index contributed by atoms with van der Waals surface area (Å²) in [6.07, 6.45) is -1.29. The molecule has 12 nitrogen and oxygen atoms in total. The molecule has 6 unspecified atom stereocenters. The first kappa shape index (κ1) is 29.3. The van der Waals surface area contributed by atoms with E-state index in [4.69, 9.17) is 11.5 Å². The van der Waals surface area contributed by atoms with E-state index in [2.05, 4.69) is 16.0 Å². The van der Waals surface area contributed by atoms with Crippen molar-refractivity contribution in [3.05, 3.63) is 0 Å². The summed E-state index contributed by atoms with van der Waals surface area (Å²) < 4.78 is 0. The molecule has 0 aromatic carbocycles. The van der Waals surface area contributed by atoms with E-state index in [1.54, 1.807) is 27.7 Å². The first-order chi connectivity index (χ1) is 14.7. The molecule has 0 radical (unpaired) electrons. The summed E-state index contributed by atoms with van der Waals surface area (Å²) in [5.74, 6) is -4.97. The Labute approximate surface area is 187 Å². The van der Waals surface area contributed by atoms with E-state index < -0.39 is 65.8 Å². The second kappa shape index (κ2) is 13.6. The second-order valence-corrected chi connectivity index (χ2v) is 8.27. The molecule has 4 amide bonds. The van der Waals surface area contributed by atoms with Gasteiger partial charge in [-0.25, -0.2) is 4.79 Å². The molecule has 0 saturated heterocycles. The molecule has 9 N–H and O–H groups in total. The van der Waals surface area contributed by atoms with Gasteiger partial charge in [-0.05, 0) is 25.2 Å². The third-order valence-corrected chi connectivity index (χ3v) is 5.17. The molecule has 0 fully saturated rings. The van der Waals surface area contributed by atoms with E-state index in [1.807, 2.05) is 0 Å². The lowest BCUT2D eigenvalue weighted by molar-refractivity contribution is -0.144. The summed E-state index contributed by atoms with van der Waals surface area (Å²) >= 11 is 0. The minimum Gasteiger partial charge on any atom is -0.480 e. The minimum absolute atomic E-state index is 0.156. The third kappa shape index (κ3) is 9.60. The van der Waals surface area contributed by atoms with Gasteiger partial charge in [-0.15, -0.1) is 0 Å². The van der Waals surface area contributed by atoms with Crippen LogP contribution in [0.5, 0.6) is 0 Å². The number of carboxylic acids is 1. The summed E-state index contributed by atoms with van der Waals surface area (Å²) in [5, 5.41) is 26.4. The lowest BCUT2D eigenvalue weighted by Gasteiger charge is -2.28. The van der Waals surface area contributed by atoms with Crippen molar-refractivity contribution in [1.29, 1.82) is 0 Å². The van der Waals surface area contributed by atoms with E-state index in [1.165, 1.54) is 6.92 Å². The Bertz CT molecular complexity index is 683. The maximum Gasteiger partial charge on any atom is 0.326 e. The normalized spacial score (nSPS) is 16.8. The Hall–Kier alpha value is -2.73. The van der Waals surface area contributed by atoms with E-state index in [-0.39, 0.29) is 18.8 Å². The second-order valence-electron chi connectivity index (χ2n) is 8.27. The van der Waals surface area contributed by atoms with Crippen LogP contribution in [-0.2, 0) is 24.0 Å². The molecule has 0 aromatic rings. The fraction of sp³-hybridized carbons (Fsp3) is 0.750. The van der Waals surface area contributed by atoms with Crippen LogP contribution < -0.4 is 27.4 Å². The van der Waals surface area contributed by atoms with Crippen molar-refractivity contribution in [3.8, 4) is 0 Å². The van der Waals surface area contributed by atoms with Gasteiger partial charge in [0, 0.05) is 6.42 Å². The van der Waals surface area contributed by atoms with Crippen molar-refractivity contribution < 1.29 is 34.2 Å². The maximum absolute atomic E-state index is 12.8. The number of nitrogens with one attached hydrogen (secondary N) is 3. The molecule has 0 bridgehead atoms. The number of aliphatic carboxylic acids is 1. The molecule has 32 heavy (non-hydrogen) atoms. The van der Waals surface area contributed by atoms with Crippen LogP contribution in [0.3, 0.4) is 0 Å². The Balaban J connectivity index is 5.53. The quantitative estimate of drug-likeness (QED) is 0.157. The standard InChI is InChI=1S/C20H37N5O7/c1-6-10(4)15(20(31)32)24-19(30)16(11(5)26)25-17(28)12(7-8-13(21)27)23-18(29)14(22)9(2)3/h9-12,14-16,26H,6-8,22H2,1-5H3,(H2,21,27)(H,23,29)(H,24,30)(H,25,28)(H,31,32). The third-order valence-electron chi connectivity index (χ3n) is 5.17. The lowest BCUT2D eigenvalue weighted by Crippen LogP contribution is -2.60. The van der Waals surface area contributed by atoms with Gasteiger partial charge in [-0.1, -0.05) is 34.1 Å². The van der Waals surface area contributed by atoms with Crippen LogP contribution in [-0.4, -0.2) is 70.1 Å². The van der Waals surface area contributed by atoms with Gasteiger partial charge in [-0.3, -0.25) is 19.2 Å². The van der Waals surface area contributed by atoms with Crippen molar-refractivity contribution >= 4 is 29.6 Å². The molecule has 0 aliphatic rings. The van der Waals surface area contributed by atoms with Crippen molar-refractivity contribution in [2.75, 3.05) is 0 Å². The Morgan fingerprint density at radius 1 is 0.875 bits per heavy atom. The van der Waals surface area contributed by atoms with Crippen molar-refractivity contribution in [2.45, 2.75) is 84.2 Å². The molecule has 6 atom stereocenters. The summed E-state index contributed by atoms with van der Waals surface area (Å²) in [4.78, 5) is 60.4. The number of rotatable bonds is 14. The average Bonchev–Trinajstić information content (AvgIpc) is 2.70. The number of carbonyl (C=O) groups excluding carboxylic acids is 4. The molecular weight excluding hydrogens is 422 g/mol. The number of carboxylic acid groups (broad SMARTS) is 1. The molecule has 0 saturated carbocycles. The highest BCUT2D eigenvalue weighted by atomic mass is 16.4. The number of hydrogen-bond donors (Lipinski definition) is 7. The first-order valence-corrected chi connectivity index (χ1v) is 10.6. The summed E-state index contributed by atoms with van der Waals surface area (Å²) in [7, 11) is 0. The lowest BCUT2D eigenvalue weighted by atomic mass is 9.98. The predicted molar refractivity (Wildman–Crippen MR) is 116 cm³/mol. The largest absolute Gasteiger partial charge is 0.480 e. The van der Waals surface area contributed by atoms with Crippen molar-refractivity contribution in [1.82, 2.24) is 16.0 Å². The van der Waals surface area contributed by atoms with Crippen LogP contribution in [0.2, 0.25) is 0 Å². The first-order valence-electron chi connectivity index (χ1n) is 10.6. The van der Waals surface area contributed by atoms with E-state index in [9.17, 15) is 34.2 Å². The highest BCUT2D eigenvalue weighted by molar-refractivity contribution is 5.94. The Kier molecular flexibility index (Phi) is 12.5. The monoisotopic (exact) mass is 459 g/mol. The van der Waals surface area contributed by atoms with Gasteiger partial charge in [0.1, 0.15) is 18.1 Å². The Morgan fingerprint density at radius 3 is 1.81 bits per heavy atom. The Morgan fingerprint density at radius 2 is 1.41 bits per heavy atom. The van der Waals surface area contributed by atoms with Gasteiger partial charge < -0.3 is 37.6 Å². The number of primary amides is 1. The van der Waals surface area contributed by atoms with Gasteiger partial charge in [0.15, 0.2) is 0 Å². The van der Waals surface area contributed by atoms with Crippen LogP contribution in [0.25, 0.3) is 0 Å². The molecule has 0 aliphatic carbocycles. The van der Waals surface area contributed by atoms with Gasteiger partial charge >= 0.3 is 5.97 Å². The predicted octanol–water partition coefficient (Wildman–Crippen LogP) is -1.80. The van der Waals surface area contributed by atoms with Crippen LogP contribution in [0, 0.1) is 11.8 Å². The average molecular weight is 460 g/mol. The van der Waals surface area contributed by atoms with Crippen molar-refractivity contribution in [3.63, 3.8) is 0 Å². The number of aliphatic hydroxyl groups is 1. The number of carbonyl (C=O) groups is 5. The molecule has 0 rings (SSSR count). The highest BCUT2D eigenvalue weighted by Crippen LogP contribution is 2.09. The number of aliphatic hydroxyl groups excluding tert-OH is 1. The summed E-state index contributed by atoms with van der Waals surface area (Å²) in [5.41, 5.74) is 10.9. The minimum atomic E-state index is -1.50. The summed E-state index contributed by atoms with van der Waals surface area (Å²) in [6, 6.07) is -4.89. The van der Waals surface area contributed by atoms with E-state index >= 15 is 0 Å². The van der Waals surface area contributed by atoms with Gasteiger partial charge in [0.05, 0.1) is 12.1 Å². The van der Waals surface area contributed by atoms with Gasteiger partial charge in [0.2, 0.25) is 23.6 Å². The zero-order valence-electron chi connectivity index (χ0n) is 19.3. The molecule has 184 valence electrons. The number of hydrogen-bond acceptors (Lipinski definition) is 7. The fourth-order valence-electron chi connectivity index (χ4n) is 2.71. The number of nitrogens with two attached hydrogens (primary N) is 2. The topological polar surface area (TPSA) is 214 Å². The SMILES string of the molecule is CCC(C)C(NC(=O)C(NC(=O)C(CCC(N)=O)NC(=O)C(N)C(C)C)C(C)O)C(=O)O. The maximum atomic E-state index is 12.8. The molecule has 0 spiro atoms. The fourth-order valence-corrected chi connectivity index (χ4v) is 2.71. The molecule has 0 aliphatic heterocycles. The van der Waals surface area contributed by atoms with Crippen LogP contribution >= 0.6 is 0 Å². The van der Waals surface area contributed by atoms with Gasteiger partial charge in [0.25, 0.3) is 0 Å². The van der Waals surface area contributed by atoms with E-state index in [0.717, 1.165) is 0 Å². The molecule has 12 heteroatoms. The van der Waals surface area contributed by atoms with E-state index in [0.29, 0.717) is 6.42 Å². The summed E-state index contributed by atoms with van der Waals surface area (Å²) in [6.45, 7) is 8.07.